The van der Waals surface area contributed by atoms with Crippen molar-refractivity contribution in [3.8, 4) is 0 Å². The molecule has 0 aromatic heterocycles. The molecule has 106 valence electrons. The molecule has 0 heterocycles. The highest BCUT2D eigenvalue weighted by Gasteiger charge is 2.29. The minimum absolute atomic E-state index is 0.0711. The first-order chi connectivity index (χ1) is 9.45. The molecule has 0 radical (unpaired) electrons. The molecule has 0 saturated carbocycles. The van der Waals surface area contributed by atoms with Gasteiger partial charge in [0, 0.05) is 0 Å². The molecule has 0 aliphatic heterocycles. The lowest BCUT2D eigenvalue weighted by Gasteiger charge is -2.23. The summed E-state index contributed by atoms with van der Waals surface area (Å²) in [5, 5.41) is 5.35. The molecule has 3 heteroatoms. The third kappa shape index (κ3) is 2.96. The van der Waals surface area contributed by atoms with E-state index in [1.54, 1.807) is 6.92 Å². The van der Waals surface area contributed by atoms with Crippen LogP contribution in [0.15, 0.2) is 42.5 Å². The van der Waals surface area contributed by atoms with Crippen molar-refractivity contribution in [1.82, 2.24) is 5.32 Å². The van der Waals surface area contributed by atoms with Gasteiger partial charge in [0.15, 0.2) is 0 Å². The average Bonchev–Trinajstić information content (AvgIpc) is 2.46. The van der Waals surface area contributed by atoms with E-state index in [1.165, 1.54) is 5.39 Å². The van der Waals surface area contributed by atoms with Gasteiger partial charge >= 0.3 is 0 Å². The van der Waals surface area contributed by atoms with Crippen LogP contribution >= 0.6 is 11.6 Å². The van der Waals surface area contributed by atoms with Gasteiger partial charge in [-0.15, -0.1) is 11.6 Å². The fourth-order valence-electron chi connectivity index (χ4n) is 2.21. The summed E-state index contributed by atoms with van der Waals surface area (Å²) in [6.45, 7) is 5.65. The van der Waals surface area contributed by atoms with Gasteiger partial charge in [0.05, 0.1) is 6.04 Å². The summed E-state index contributed by atoms with van der Waals surface area (Å²) in [6.07, 6.45) is 0.600. The maximum atomic E-state index is 12.2. The third-order valence-corrected chi connectivity index (χ3v) is 4.21. The first-order valence-electron chi connectivity index (χ1n) is 6.93. The Kier molecular flexibility index (Phi) is 4.34. The van der Waals surface area contributed by atoms with Crippen LogP contribution in [0, 0.1) is 0 Å². The topological polar surface area (TPSA) is 29.1 Å². The van der Waals surface area contributed by atoms with Crippen LogP contribution in [0.4, 0.5) is 0 Å². The van der Waals surface area contributed by atoms with Crippen LogP contribution in [0.3, 0.4) is 0 Å². The molecule has 2 aromatic rings. The highest BCUT2D eigenvalue weighted by molar-refractivity contribution is 6.34. The van der Waals surface area contributed by atoms with Crippen LogP contribution in [0.5, 0.6) is 0 Å². The summed E-state index contributed by atoms with van der Waals surface area (Å²) >= 11 is 6.21. The lowest BCUT2D eigenvalue weighted by atomic mass is 9.99. The minimum atomic E-state index is -0.848. The zero-order valence-electron chi connectivity index (χ0n) is 12.1. The van der Waals surface area contributed by atoms with Crippen molar-refractivity contribution in [2.45, 2.75) is 38.1 Å². The van der Waals surface area contributed by atoms with Crippen LogP contribution in [0.2, 0.25) is 0 Å². The van der Waals surface area contributed by atoms with Crippen LogP contribution in [0.1, 0.15) is 38.8 Å². The number of carbonyl (C=O) groups is 1. The van der Waals surface area contributed by atoms with Crippen molar-refractivity contribution in [3.63, 3.8) is 0 Å². The van der Waals surface area contributed by atoms with Crippen LogP contribution in [0.25, 0.3) is 10.8 Å². The number of nitrogens with one attached hydrogen (secondary N) is 1. The molecule has 0 aliphatic rings. The Hall–Kier alpha value is -1.54. The lowest BCUT2D eigenvalue weighted by molar-refractivity contribution is -0.124. The summed E-state index contributed by atoms with van der Waals surface area (Å²) in [5.41, 5.74) is 1.11. The fourth-order valence-corrected chi connectivity index (χ4v) is 2.27. The summed E-state index contributed by atoms with van der Waals surface area (Å²) in [7, 11) is 0. The zero-order chi connectivity index (χ0) is 14.8. The second kappa shape index (κ2) is 5.84. The number of hydrogen-bond donors (Lipinski definition) is 1. The molecular weight excluding hydrogens is 270 g/mol. The highest BCUT2D eigenvalue weighted by Crippen LogP contribution is 2.26. The summed E-state index contributed by atoms with van der Waals surface area (Å²) in [5.74, 6) is -0.123. The van der Waals surface area contributed by atoms with E-state index >= 15 is 0 Å². The Morgan fingerprint density at radius 3 is 2.60 bits per heavy atom. The van der Waals surface area contributed by atoms with E-state index < -0.39 is 4.87 Å². The van der Waals surface area contributed by atoms with E-state index in [1.807, 2.05) is 38.1 Å². The van der Waals surface area contributed by atoms with E-state index in [2.05, 4.69) is 23.5 Å². The van der Waals surface area contributed by atoms with Gasteiger partial charge in [-0.2, -0.15) is 0 Å². The van der Waals surface area contributed by atoms with Crippen molar-refractivity contribution >= 4 is 28.3 Å². The molecule has 0 bridgehead atoms. The van der Waals surface area contributed by atoms with E-state index in [4.69, 9.17) is 11.6 Å². The van der Waals surface area contributed by atoms with Crippen LogP contribution in [-0.2, 0) is 4.79 Å². The Bertz CT molecular complexity index is 616. The molecule has 0 saturated heterocycles. The van der Waals surface area contributed by atoms with Gasteiger partial charge < -0.3 is 5.32 Å². The lowest BCUT2D eigenvalue weighted by Crippen LogP contribution is -2.41. The SMILES string of the molecule is CC[C@](C)(Cl)C(=O)N[C@@H](C)c1cccc2ccccc12. The predicted molar refractivity (Wildman–Crippen MR) is 85.1 cm³/mol. The number of halogens is 1. The molecule has 1 amide bonds. The monoisotopic (exact) mass is 289 g/mol. The summed E-state index contributed by atoms with van der Waals surface area (Å²) < 4.78 is 0. The maximum Gasteiger partial charge on any atom is 0.241 e. The molecule has 0 fully saturated rings. The zero-order valence-corrected chi connectivity index (χ0v) is 12.9. The van der Waals surface area contributed by atoms with E-state index in [0.29, 0.717) is 6.42 Å². The van der Waals surface area contributed by atoms with Gasteiger partial charge in [-0.1, -0.05) is 49.4 Å². The molecule has 0 unspecified atom stereocenters. The van der Waals surface area contributed by atoms with Gasteiger partial charge in [-0.25, -0.2) is 0 Å². The van der Waals surface area contributed by atoms with E-state index in [-0.39, 0.29) is 11.9 Å². The standard InChI is InChI=1S/C17H20ClNO/c1-4-17(3,18)16(20)19-12(2)14-11-7-9-13-8-5-6-10-15(13)14/h5-12H,4H2,1-3H3,(H,19,20)/t12-,17-/m0/s1. The molecule has 1 N–H and O–H groups in total. The largest absolute Gasteiger partial charge is 0.348 e. The smallest absolute Gasteiger partial charge is 0.241 e. The average molecular weight is 290 g/mol. The summed E-state index contributed by atoms with van der Waals surface area (Å²) in [6, 6.07) is 14.2. The van der Waals surface area contributed by atoms with E-state index in [0.717, 1.165) is 10.9 Å². The molecule has 2 rings (SSSR count). The van der Waals surface area contributed by atoms with Gasteiger partial charge in [0.1, 0.15) is 4.87 Å². The molecular formula is C17H20ClNO. The normalized spacial score (nSPS) is 15.6. The van der Waals surface area contributed by atoms with Crippen molar-refractivity contribution in [3.05, 3.63) is 48.0 Å². The van der Waals surface area contributed by atoms with Crippen LogP contribution in [-0.4, -0.2) is 10.8 Å². The first kappa shape index (κ1) is 14.9. The molecule has 2 nitrogen and oxygen atoms in total. The molecule has 0 aliphatic carbocycles. The van der Waals surface area contributed by atoms with Gasteiger partial charge in [-0.05, 0) is 36.6 Å². The quantitative estimate of drug-likeness (QED) is 0.829. The fraction of sp³-hybridized carbons (Fsp3) is 0.353. The van der Waals surface area contributed by atoms with Crippen molar-refractivity contribution in [1.29, 1.82) is 0 Å². The molecule has 2 atom stereocenters. The maximum absolute atomic E-state index is 12.2. The van der Waals surface area contributed by atoms with Crippen molar-refractivity contribution in [2.24, 2.45) is 0 Å². The van der Waals surface area contributed by atoms with E-state index in [9.17, 15) is 4.79 Å². The Balaban J connectivity index is 2.28. The predicted octanol–water partition coefficient (Wildman–Crippen LogP) is 4.42. The number of fused-ring (bicyclic) bond motifs is 1. The van der Waals surface area contributed by atoms with Gasteiger partial charge in [0.25, 0.3) is 0 Å². The number of hydrogen-bond acceptors (Lipinski definition) is 1. The minimum Gasteiger partial charge on any atom is -0.348 e. The highest BCUT2D eigenvalue weighted by atomic mass is 35.5. The third-order valence-electron chi connectivity index (χ3n) is 3.77. The van der Waals surface area contributed by atoms with Crippen molar-refractivity contribution < 1.29 is 4.79 Å². The number of amides is 1. The molecule has 2 aromatic carbocycles. The second-order valence-corrected chi connectivity index (χ2v) is 6.15. The molecule has 0 spiro atoms. The van der Waals surface area contributed by atoms with Crippen LogP contribution < -0.4 is 5.32 Å². The summed E-state index contributed by atoms with van der Waals surface area (Å²) in [4.78, 5) is 11.3. The van der Waals surface area contributed by atoms with Crippen molar-refractivity contribution in [2.75, 3.05) is 0 Å². The number of carbonyl (C=O) groups excluding carboxylic acids is 1. The molecule has 20 heavy (non-hydrogen) atoms. The second-order valence-electron chi connectivity index (χ2n) is 5.31. The number of rotatable bonds is 4. The Labute approximate surface area is 125 Å². The number of benzene rings is 2. The Morgan fingerprint density at radius 1 is 1.25 bits per heavy atom. The van der Waals surface area contributed by atoms with Gasteiger partial charge in [-0.3, -0.25) is 4.79 Å². The first-order valence-corrected chi connectivity index (χ1v) is 7.31. The Morgan fingerprint density at radius 2 is 1.90 bits per heavy atom. The van der Waals surface area contributed by atoms with Gasteiger partial charge in [0.2, 0.25) is 5.91 Å². The number of alkyl halides is 1.